The third-order valence-corrected chi connectivity index (χ3v) is 3.85. The van der Waals surface area contributed by atoms with Crippen molar-refractivity contribution >= 4 is 17.7 Å². The Morgan fingerprint density at radius 1 is 1.67 bits per heavy atom. The molecule has 2 N–H and O–H groups in total. The maximum absolute atomic E-state index is 5.98. The van der Waals surface area contributed by atoms with Gasteiger partial charge in [-0.2, -0.15) is 11.8 Å². The predicted molar refractivity (Wildman–Crippen MR) is 69.4 cm³/mol. The molecule has 0 radical (unpaired) electrons. The Kier molecular flexibility index (Phi) is 5.29. The van der Waals surface area contributed by atoms with Crippen molar-refractivity contribution in [2.45, 2.75) is 31.9 Å². The maximum atomic E-state index is 5.98. The van der Waals surface area contributed by atoms with Crippen LogP contribution in [-0.4, -0.2) is 42.0 Å². The van der Waals surface area contributed by atoms with Crippen molar-refractivity contribution in [2.75, 3.05) is 25.9 Å². The van der Waals surface area contributed by atoms with Gasteiger partial charge in [0, 0.05) is 18.3 Å². The van der Waals surface area contributed by atoms with Gasteiger partial charge in [0.1, 0.15) is 0 Å². The minimum Gasteiger partial charge on any atom is -0.370 e. The summed E-state index contributed by atoms with van der Waals surface area (Å²) in [4.78, 5) is 6.68. The second kappa shape index (κ2) is 6.26. The molecule has 3 nitrogen and oxygen atoms in total. The van der Waals surface area contributed by atoms with Crippen LogP contribution in [0.15, 0.2) is 4.99 Å². The highest BCUT2D eigenvalue weighted by Gasteiger charge is 2.17. The lowest BCUT2D eigenvalue weighted by molar-refractivity contribution is 0.270. The highest BCUT2D eigenvalue weighted by atomic mass is 32.2. The van der Waals surface area contributed by atoms with Crippen LogP contribution in [0.4, 0.5) is 0 Å². The van der Waals surface area contributed by atoms with Gasteiger partial charge in [-0.25, -0.2) is 0 Å². The van der Waals surface area contributed by atoms with Crippen LogP contribution in [0.2, 0.25) is 0 Å². The van der Waals surface area contributed by atoms with Crippen molar-refractivity contribution in [1.82, 2.24) is 4.90 Å². The number of hydrogen-bond acceptors (Lipinski definition) is 2. The van der Waals surface area contributed by atoms with E-state index in [0.29, 0.717) is 5.25 Å². The van der Waals surface area contributed by atoms with Crippen LogP contribution in [0.25, 0.3) is 0 Å². The van der Waals surface area contributed by atoms with E-state index < -0.39 is 0 Å². The second-order valence-corrected chi connectivity index (χ2v) is 5.71. The lowest BCUT2D eigenvalue weighted by Crippen LogP contribution is -2.43. The molecular formula is C11H23N3S. The average molecular weight is 229 g/mol. The summed E-state index contributed by atoms with van der Waals surface area (Å²) in [5.74, 6) is 1.49. The standard InChI is InChI=1S/C11H23N3S/c1-9-5-4-6-14(8-9)11(12)13-7-10(2)15-3/h9-10H,4-8H2,1-3H3,(H2,12,13). The van der Waals surface area contributed by atoms with E-state index in [4.69, 9.17) is 5.73 Å². The summed E-state index contributed by atoms with van der Waals surface area (Å²) in [5, 5.41) is 0.561. The molecule has 0 aromatic rings. The van der Waals surface area contributed by atoms with E-state index in [2.05, 4.69) is 30.0 Å². The fourth-order valence-electron chi connectivity index (χ4n) is 1.79. The Labute approximate surface area is 97.5 Å². The van der Waals surface area contributed by atoms with Crippen molar-refractivity contribution in [3.63, 3.8) is 0 Å². The first kappa shape index (κ1) is 12.7. The number of nitrogens with zero attached hydrogens (tertiary/aromatic N) is 2. The van der Waals surface area contributed by atoms with E-state index in [0.717, 1.165) is 31.5 Å². The SMILES string of the molecule is CSC(C)CN=C(N)N1CCCC(C)C1. The van der Waals surface area contributed by atoms with Crippen LogP contribution >= 0.6 is 11.8 Å². The molecule has 2 atom stereocenters. The van der Waals surface area contributed by atoms with E-state index in [1.165, 1.54) is 12.8 Å². The molecule has 1 aliphatic rings. The Hall–Kier alpha value is -0.380. The maximum Gasteiger partial charge on any atom is 0.191 e. The zero-order valence-corrected chi connectivity index (χ0v) is 10.9. The molecule has 4 heteroatoms. The van der Waals surface area contributed by atoms with Gasteiger partial charge in [-0.15, -0.1) is 0 Å². The first-order valence-corrected chi connectivity index (χ1v) is 7.00. The highest BCUT2D eigenvalue weighted by molar-refractivity contribution is 7.99. The van der Waals surface area contributed by atoms with Gasteiger partial charge in [-0.3, -0.25) is 4.99 Å². The first-order chi connectivity index (χ1) is 7.13. The van der Waals surface area contributed by atoms with E-state index >= 15 is 0 Å². The molecule has 2 unspecified atom stereocenters. The summed E-state index contributed by atoms with van der Waals surface area (Å²) in [5.41, 5.74) is 5.98. The van der Waals surface area contributed by atoms with Gasteiger partial charge in [0.25, 0.3) is 0 Å². The van der Waals surface area contributed by atoms with Gasteiger partial charge in [0.2, 0.25) is 0 Å². The number of nitrogens with two attached hydrogens (primary N) is 1. The lowest BCUT2D eigenvalue weighted by Gasteiger charge is -2.31. The van der Waals surface area contributed by atoms with Crippen LogP contribution in [0, 0.1) is 5.92 Å². The Morgan fingerprint density at radius 2 is 2.40 bits per heavy atom. The van der Waals surface area contributed by atoms with E-state index in [-0.39, 0.29) is 0 Å². The molecule has 88 valence electrons. The summed E-state index contributed by atoms with van der Waals surface area (Å²) >= 11 is 1.83. The molecule has 0 saturated carbocycles. The normalized spacial score (nSPS) is 25.4. The number of aliphatic imine (C=N–C) groups is 1. The van der Waals surface area contributed by atoms with Gasteiger partial charge in [-0.05, 0) is 25.0 Å². The van der Waals surface area contributed by atoms with Crippen LogP contribution in [0.1, 0.15) is 26.7 Å². The van der Waals surface area contributed by atoms with Gasteiger partial charge >= 0.3 is 0 Å². The van der Waals surface area contributed by atoms with Crippen molar-refractivity contribution in [3.05, 3.63) is 0 Å². The Morgan fingerprint density at radius 3 is 3.00 bits per heavy atom. The van der Waals surface area contributed by atoms with Crippen molar-refractivity contribution in [1.29, 1.82) is 0 Å². The largest absolute Gasteiger partial charge is 0.370 e. The minimum atomic E-state index is 0.561. The van der Waals surface area contributed by atoms with Gasteiger partial charge in [-0.1, -0.05) is 13.8 Å². The van der Waals surface area contributed by atoms with E-state index in [9.17, 15) is 0 Å². The van der Waals surface area contributed by atoms with Crippen molar-refractivity contribution < 1.29 is 0 Å². The predicted octanol–water partition coefficient (Wildman–Crippen LogP) is 1.78. The molecule has 1 fully saturated rings. The molecule has 1 heterocycles. The van der Waals surface area contributed by atoms with Gasteiger partial charge in [0.15, 0.2) is 5.96 Å². The summed E-state index contributed by atoms with van der Waals surface area (Å²) in [6.07, 6.45) is 4.68. The molecule has 15 heavy (non-hydrogen) atoms. The van der Waals surface area contributed by atoms with Crippen LogP contribution in [0.5, 0.6) is 0 Å². The monoisotopic (exact) mass is 229 g/mol. The summed E-state index contributed by atoms with van der Waals surface area (Å²) < 4.78 is 0. The fourth-order valence-corrected chi connectivity index (χ4v) is 2.02. The molecule has 0 aromatic carbocycles. The summed E-state index contributed by atoms with van der Waals surface area (Å²) in [6.45, 7) is 7.44. The lowest BCUT2D eigenvalue weighted by atomic mass is 10.0. The first-order valence-electron chi connectivity index (χ1n) is 5.71. The quantitative estimate of drug-likeness (QED) is 0.592. The molecule has 0 aliphatic carbocycles. The molecule has 1 saturated heterocycles. The third-order valence-electron chi connectivity index (χ3n) is 2.89. The summed E-state index contributed by atoms with van der Waals surface area (Å²) in [6, 6.07) is 0. The number of piperidine rings is 1. The highest BCUT2D eigenvalue weighted by Crippen LogP contribution is 2.15. The van der Waals surface area contributed by atoms with Crippen LogP contribution in [-0.2, 0) is 0 Å². The zero-order valence-electron chi connectivity index (χ0n) is 10.1. The van der Waals surface area contributed by atoms with Crippen LogP contribution < -0.4 is 5.73 Å². The van der Waals surface area contributed by atoms with Gasteiger partial charge < -0.3 is 10.6 Å². The van der Waals surface area contributed by atoms with E-state index in [1.54, 1.807) is 0 Å². The zero-order chi connectivity index (χ0) is 11.3. The molecule has 0 amide bonds. The molecule has 0 aromatic heterocycles. The topological polar surface area (TPSA) is 41.6 Å². The minimum absolute atomic E-state index is 0.561. The van der Waals surface area contributed by atoms with E-state index in [1.807, 2.05) is 11.8 Å². The second-order valence-electron chi connectivity index (χ2n) is 4.44. The summed E-state index contributed by atoms with van der Waals surface area (Å²) in [7, 11) is 0. The van der Waals surface area contributed by atoms with Gasteiger partial charge in [0.05, 0.1) is 6.54 Å². The number of guanidine groups is 1. The Balaban J connectivity index is 2.40. The Bertz CT molecular complexity index is 218. The molecular weight excluding hydrogens is 206 g/mol. The number of rotatable bonds is 3. The number of likely N-dealkylation sites (tertiary alicyclic amines) is 1. The van der Waals surface area contributed by atoms with Crippen molar-refractivity contribution in [3.8, 4) is 0 Å². The average Bonchev–Trinajstić information content (AvgIpc) is 2.25. The van der Waals surface area contributed by atoms with Crippen LogP contribution in [0.3, 0.4) is 0 Å². The molecule has 0 bridgehead atoms. The smallest absolute Gasteiger partial charge is 0.191 e. The number of thioether (sulfide) groups is 1. The van der Waals surface area contributed by atoms with Crippen molar-refractivity contribution in [2.24, 2.45) is 16.6 Å². The molecule has 1 aliphatic heterocycles. The fraction of sp³-hybridized carbons (Fsp3) is 0.909. The third kappa shape index (κ3) is 4.33. The number of hydrogen-bond donors (Lipinski definition) is 1. The molecule has 0 spiro atoms. The molecule has 1 rings (SSSR count).